The summed E-state index contributed by atoms with van der Waals surface area (Å²) >= 11 is 6.04. The van der Waals surface area contributed by atoms with Gasteiger partial charge in [0.05, 0.1) is 5.69 Å². The summed E-state index contributed by atoms with van der Waals surface area (Å²) in [5.74, 6) is -0.943. The normalized spacial score (nSPS) is 13.8. The lowest BCUT2D eigenvalue weighted by molar-refractivity contribution is -0.286. The van der Waals surface area contributed by atoms with E-state index in [4.69, 9.17) is 16.9 Å². The highest BCUT2D eigenvalue weighted by Gasteiger charge is 2.43. The van der Waals surface area contributed by atoms with Crippen LogP contribution >= 0.6 is 11.6 Å². The van der Waals surface area contributed by atoms with Crippen LogP contribution in [0, 0.1) is 11.3 Å². The SMILES string of the molecule is CN(C(=O)c1cccc(-n2nc(C(F)F)c(C#N)c2Cl)c1)c1ccc2c(c1)OC(F)(F)O2. The molecule has 164 valence electrons. The Labute approximate surface area is 182 Å². The lowest BCUT2D eigenvalue weighted by Crippen LogP contribution is -2.26. The number of hydrogen-bond donors (Lipinski definition) is 0. The minimum absolute atomic E-state index is 0.122. The number of halogens is 5. The predicted molar refractivity (Wildman–Crippen MR) is 104 cm³/mol. The monoisotopic (exact) mass is 466 g/mol. The molecule has 0 fully saturated rings. The Bertz CT molecular complexity index is 1270. The van der Waals surface area contributed by atoms with E-state index in [0.29, 0.717) is 0 Å². The molecule has 0 unspecified atom stereocenters. The number of hydrogen-bond acceptors (Lipinski definition) is 5. The van der Waals surface area contributed by atoms with Crippen LogP contribution in [0.2, 0.25) is 5.15 Å². The summed E-state index contributed by atoms with van der Waals surface area (Å²) in [6.45, 7) is 0. The quantitative estimate of drug-likeness (QED) is 0.509. The Balaban J connectivity index is 1.65. The topological polar surface area (TPSA) is 80.4 Å². The number of anilines is 1. The minimum Gasteiger partial charge on any atom is -0.395 e. The smallest absolute Gasteiger partial charge is 0.395 e. The maximum atomic E-state index is 13.2. The van der Waals surface area contributed by atoms with E-state index >= 15 is 0 Å². The Kier molecular flexibility index (Phi) is 5.18. The number of ether oxygens (including phenoxy) is 2. The van der Waals surface area contributed by atoms with Gasteiger partial charge >= 0.3 is 6.29 Å². The Morgan fingerprint density at radius 2 is 1.94 bits per heavy atom. The van der Waals surface area contributed by atoms with E-state index in [1.54, 1.807) is 6.07 Å². The summed E-state index contributed by atoms with van der Waals surface area (Å²) in [6.07, 6.45) is -6.81. The van der Waals surface area contributed by atoms with Gasteiger partial charge in [-0.2, -0.15) is 10.4 Å². The Morgan fingerprint density at radius 3 is 2.59 bits per heavy atom. The van der Waals surface area contributed by atoms with Crippen molar-refractivity contribution in [2.24, 2.45) is 0 Å². The van der Waals surface area contributed by atoms with Crippen molar-refractivity contribution in [3.8, 4) is 23.3 Å². The van der Waals surface area contributed by atoms with Gasteiger partial charge in [0.2, 0.25) is 0 Å². The molecule has 0 aliphatic carbocycles. The molecule has 0 atom stereocenters. The summed E-state index contributed by atoms with van der Waals surface area (Å²) in [4.78, 5) is 14.1. The van der Waals surface area contributed by atoms with Crippen LogP contribution in [-0.4, -0.2) is 29.0 Å². The second-order valence-electron chi connectivity index (χ2n) is 6.59. The lowest BCUT2D eigenvalue weighted by Gasteiger charge is -2.18. The van der Waals surface area contributed by atoms with Crippen LogP contribution in [0.25, 0.3) is 5.69 Å². The maximum absolute atomic E-state index is 13.2. The molecule has 0 bridgehead atoms. The van der Waals surface area contributed by atoms with Crippen molar-refractivity contribution in [2.45, 2.75) is 12.7 Å². The molecule has 0 N–H and O–H groups in total. The van der Waals surface area contributed by atoms with Crippen LogP contribution in [0.15, 0.2) is 42.5 Å². The average molecular weight is 467 g/mol. The number of carbonyl (C=O) groups is 1. The highest BCUT2D eigenvalue weighted by atomic mass is 35.5. The number of benzene rings is 2. The largest absolute Gasteiger partial charge is 0.586 e. The van der Waals surface area contributed by atoms with Gasteiger partial charge in [0, 0.05) is 24.4 Å². The second kappa shape index (κ2) is 7.72. The van der Waals surface area contributed by atoms with Gasteiger partial charge in [-0.15, -0.1) is 8.78 Å². The van der Waals surface area contributed by atoms with E-state index in [1.165, 1.54) is 54.4 Å². The standard InChI is InChI=1S/C20H11ClF4N4O3/c1-28(11-5-6-14-15(8-11)32-20(24,25)31-14)19(30)10-3-2-4-12(7-10)29-17(21)13(9-26)16(27-29)18(22)23/h2-8,18H,1H3. The molecule has 0 radical (unpaired) electrons. The number of fused-ring (bicyclic) bond motifs is 1. The van der Waals surface area contributed by atoms with Crippen LogP contribution in [-0.2, 0) is 0 Å². The van der Waals surface area contributed by atoms with E-state index in [1.807, 2.05) is 0 Å². The second-order valence-corrected chi connectivity index (χ2v) is 6.95. The number of nitrogens with zero attached hydrogens (tertiary/aromatic N) is 4. The Hall–Kier alpha value is -3.78. The summed E-state index contributed by atoms with van der Waals surface area (Å²) in [6, 6.07) is 11.2. The van der Waals surface area contributed by atoms with Crippen LogP contribution in [0.1, 0.15) is 28.0 Å². The van der Waals surface area contributed by atoms with Crippen LogP contribution in [0.3, 0.4) is 0 Å². The molecule has 2 heterocycles. The molecule has 1 aromatic heterocycles. The molecule has 1 aliphatic heterocycles. The van der Waals surface area contributed by atoms with Crippen molar-refractivity contribution in [1.82, 2.24) is 9.78 Å². The third-order valence-corrected chi connectivity index (χ3v) is 4.94. The number of rotatable bonds is 4. The average Bonchev–Trinajstić information content (AvgIpc) is 3.26. The minimum atomic E-state index is -3.79. The molecule has 12 heteroatoms. The zero-order valence-corrected chi connectivity index (χ0v) is 16.8. The first-order valence-electron chi connectivity index (χ1n) is 8.86. The predicted octanol–water partition coefficient (Wildman–Crippen LogP) is 4.93. The molecular formula is C20H11ClF4N4O3. The van der Waals surface area contributed by atoms with Crippen LogP contribution < -0.4 is 14.4 Å². The van der Waals surface area contributed by atoms with Crippen molar-refractivity contribution in [3.05, 3.63) is 64.4 Å². The number of nitriles is 1. The highest BCUT2D eigenvalue weighted by molar-refractivity contribution is 6.31. The van der Waals surface area contributed by atoms with Gasteiger partial charge < -0.3 is 14.4 Å². The third-order valence-electron chi connectivity index (χ3n) is 4.59. The molecule has 1 amide bonds. The molecule has 32 heavy (non-hydrogen) atoms. The van der Waals surface area contributed by atoms with Gasteiger partial charge in [-0.1, -0.05) is 17.7 Å². The number of alkyl halides is 4. The van der Waals surface area contributed by atoms with Crippen molar-refractivity contribution >= 4 is 23.2 Å². The first-order valence-corrected chi connectivity index (χ1v) is 9.24. The summed E-state index contributed by atoms with van der Waals surface area (Å²) in [7, 11) is 1.41. The Morgan fingerprint density at radius 1 is 1.22 bits per heavy atom. The highest BCUT2D eigenvalue weighted by Crippen LogP contribution is 2.42. The first-order chi connectivity index (χ1) is 15.1. The van der Waals surface area contributed by atoms with E-state index in [9.17, 15) is 22.4 Å². The van der Waals surface area contributed by atoms with Crippen molar-refractivity contribution in [3.63, 3.8) is 0 Å². The molecule has 0 spiro atoms. The maximum Gasteiger partial charge on any atom is 0.586 e. The molecule has 0 saturated carbocycles. The van der Waals surface area contributed by atoms with Gasteiger partial charge in [-0.25, -0.2) is 13.5 Å². The van der Waals surface area contributed by atoms with Gasteiger partial charge in [0.25, 0.3) is 12.3 Å². The van der Waals surface area contributed by atoms with Crippen LogP contribution in [0.5, 0.6) is 11.5 Å². The van der Waals surface area contributed by atoms with Crippen LogP contribution in [0.4, 0.5) is 23.2 Å². The number of amides is 1. The zero-order valence-electron chi connectivity index (χ0n) is 16.0. The molecular weight excluding hydrogens is 456 g/mol. The molecule has 3 aromatic rings. The first kappa shape index (κ1) is 21.5. The van der Waals surface area contributed by atoms with E-state index in [0.717, 1.165) is 4.68 Å². The van der Waals surface area contributed by atoms with Crippen molar-refractivity contribution in [2.75, 3.05) is 11.9 Å². The molecule has 4 rings (SSSR count). The van der Waals surface area contributed by atoms with Gasteiger partial charge in [0.15, 0.2) is 16.7 Å². The molecule has 7 nitrogen and oxygen atoms in total. The third kappa shape index (κ3) is 3.69. The molecule has 1 aliphatic rings. The summed E-state index contributed by atoms with van der Waals surface area (Å²) < 4.78 is 62.4. The van der Waals surface area contributed by atoms with E-state index in [2.05, 4.69) is 14.6 Å². The van der Waals surface area contributed by atoms with E-state index in [-0.39, 0.29) is 33.6 Å². The molecule has 2 aromatic carbocycles. The van der Waals surface area contributed by atoms with Gasteiger partial charge in [-0.05, 0) is 30.3 Å². The zero-order chi connectivity index (χ0) is 23.2. The fraction of sp³-hybridized carbons (Fsp3) is 0.150. The lowest BCUT2D eigenvalue weighted by atomic mass is 10.1. The summed E-state index contributed by atoms with van der Waals surface area (Å²) in [5, 5.41) is 12.5. The molecule has 0 saturated heterocycles. The fourth-order valence-corrected chi connectivity index (χ4v) is 3.34. The van der Waals surface area contributed by atoms with E-state index < -0.39 is 29.9 Å². The number of aromatic nitrogens is 2. The van der Waals surface area contributed by atoms with Gasteiger partial charge in [0.1, 0.15) is 17.3 Å². The fourth-order valence-electron chi connectivity index (χ4n) is 3.07. The van der Waals surface area contributed by atoms with Gasteiger partial charge in [-0.3, -0.25) is 4.79 Å². The van der Waals surface area contributed by atoms with Crippen molar-refractivity contribution < 1.29 is 31.8 Å². The number of carbonyl (C=O) groups excluding carboxylic acids is 1. The van der Waals surface area contributed by atoms with Crippen molar-refractivity contribution in [1.29, 1.82) is 5.26 Å². The summed E-state index contributed by atoms with van der Waals surface area (Å²) in [5.41, 5.74) is -0.708.